The van der Waals surface area contributed by atoms with E-state index >= 15 is 0 Å². The summed E-state index contributed by atoms with van der Waals surface area (Å²) in [6.07, 6.45) is 1.83. The largest absolute Gasteiger partial charge is 0.508 e. The van der Waals surface area contributed by atoms with Gasteiger partial charge >= 0.3 is 0 Å². The molecule has 0 amide bonds. The van der Waals surface area contributed by atoms with Crippen LogP contribution in [0, 0.1) is 6.92 Å². The molecule has 2 aromatic carbocycles. The standard InChI is InChI=1S/C16H11ClN2O/c1-8-10-4-5-18-16(17)13(10)7-12-11-6-9(20)2-3-14(11)19-15(8)12/h2-7,18,20H,1H3. The van der Waals surface area contributed by atoms with Crippen molar-refractivity contribution >= 4 is 44.2 Å². The van der Waals surface area contributed by atoms with E-state index in [-0.39, 0.29) is 5.75 Å². The zero-order chi connectivity index (χ0) is 13.9. The van der Waals surface area contributed by atoms with Gasteiger partial charge in [-0.25, -0.2) is 4.98 Å². The average Bonchev–Trinajstić information content (AvgIpc) is 2.79. The van der Waals surface area contributed by atoms with Crippen molar-refractivity contribution in [3.8, 4) is 5.75 Å². The fourth-order valence-electron chi connectivity index (χ4n) is 2.80. The van der Waals surface area contributed by atoms with Crippen molar-refractivity contribution < 1.29 is 5.11 Å². The lowest BCUT2D eigenvalue weighted by Gasteiger charge is -2.05. The zero-order valence-electron chi connectivity index (χ0n) is 10.7. The minimum Gasteiger partial charge on any atom is -0.508 e. The van der Waals surface area contributed by atoms with Crippen molar-refractivity contribution in [3.63, 3.8) is 0 Å². The molecule has 0 bridgehead atoms. The minimum atomic E-state index is 0.246. The number of fused-ring (bicyclic) bond motifs is 4. The number of H-pyrrole nitrogens is 1. The Morgan fingerprint density at radius 2 is 1.90 bits per heavy atom. The number of hydrogen-bond acceptors (Lipinski definition) is 2. The Bertz CT molecular complexity index is 988. The van der Waals surface area contributed by atoms with Crippen LogP contribution in [0.1, 0.15) is 5.56 Å². The molecule has 2 aromatic heterocycles. The lowest BCUT2D eigenvalue weighted by atomic mass is 10.0. The predicted molar refractivity (Wildman–Crippen MR) is 82.5 cm³/mol. The molecule has 0 saturated heterocycles. The first kappa shape index (κ1) is 11.6. The highest BCUT2D eigenvalue weighted by atomic mass is 35.5. The SMILES string of the molecule is Cc1c2cc[nH]c(Cl)c2cc2c1nc1ccc(O)cc12. The fraction of sp³-hybridized carbons (Fsp3) is 0.0625. The first-order valence-corrected chi connectivity index (χ1v) is 6.71. The van der Waals surface area contributed by atoms with Crippen LogP contribution < -0.4 is 0 Å². The number of halogens is 1. The molecule has 0 fully saturated rings. The highest BCUT2D eigenvalue weighted by Crippen LogP contribution is 2.35. The van der Waals surface area contributed by atoms with E-state index in [1.165, 1.54) is 0 Å². The van der Waals surface area contributed by atoms with Crippen molar-refractivity contribution in [3.05, 3.63) is 47.2 Å². The lowest BCUT2D eigenvalue weighted by Crippen LogP contribution is -1.84. The van der Waals surface area contributed by atoms with Crippen LogP contribution in [0.25, 0.3) is 32.6 Å². The van der Waals surface area contributed by atoms with Gasteiger partial charge in [-0.3, -0.25) is 0 Å². The summed E-state index contributed by atoms with van der Waals surface area (Å²) in [5.74, 6) is 0.246. The monoisotopic (exact) mass is 282 g/mol. The molecule has 0 atom stereocenters. The molecule has 2 N–H and O–H groups in total. The summed E-state index contributed by atoms with van der Waals surface area (Å²) in [6, 6.07) is 9.28. The van der Waals surface area contributed by atoms with E-state index in [9.17, 15) is 5.11 Å². The van der Waals surface area contributed by atoms with Crippen LogP contribution in [-0.4, -0.2) is 15.1 Å². The zero-order valence-corrected chi connectivity index (χ0v) is 11.5. The van der Waals surface area contributed by atoms with Gasteiger partial charge in [-0.2, -0.15) is 0 Å². The second-order valence-electron chi connectivity index (χ2n) is 4.96. The minimum absolute atomic E-state index is 0.246. The Morgan fingerprint density at radius 3 is 2.75 bits per heavy atom. The summed E-state index contributed by atoms with van der Waals surface area (Å²) in [4.78, 5) is 7.68. The summed E-state index contributed by atoms with van der Waals surface area (Å²) >= 11 is 6.25. The molecule has 4 rings (SSSR count). The van der Waals surface area contributed by atoms with Gasteiger partial charge in [0, 0.05) is 22.4 Å². The molecule has 4 aromatic rings. The Labute approximate surface area is 119 Å². The van der Waals surface area contributed by atoms with Gasteiger partial charge in [-0.05, 0) is 48.2 Å². The Morgan fingerprint density at radius 1 is 1.05 bits per heavy atom. The first-order valence-electron chi connectivity index (χ1n) is 6.34. The molecular weight excluding hydrogens is 272 g/mol. The summed E-state index contributed by atoms with van der Waals surface area (Å²) in [6.45, 7) is 2.05. The van der Waals surface area contributed by atoms with Gasteiger partial charge in [0.2, 0.25) is 0 Å². The number of aromatic nitrogens is 2. The second-order valence-corrected chi connectivity index (χ2v) is 5.34. The number of pyridine rings is 1. The molecule has 4 heteroatoms. The number of nitrogens with zero attached hydrogens (tertiary/aromatic N) is 1. The topological polar surface area (TPSA) is 48.9 Å². The van der Waals surface area contributed by atoms with E-state index in [1.807, 2.05) is 31.3 Å². The van der Waals surface area contributed by atoms with Crippen LogP contribution in [0.3, 0.4) is 0 Å². The summed E-state index contributed by atoms with van der Waals surface area (Å²) in [5.41, 5.74) is 2.95. The van der Waals surface area contributed by atoms with Crippen LogP contribution >= 0.6 is 11.6 Å². The van der Waals surface area contributed by atoms with E-state index < -0.39 is 0 Å². The number of aromatic amines is 1. The van der Waals surface area contributed by atoms with Gasteiger partial charge in [0.05, 0.1) is 11.0 Å². The highest BCUT2D eigenvalue weighted by Gasteiger charge is 2.12. The second kappa shape index (κ2) is 3.87. The summed E-state index contributed by atoms with van der Waals surface area (Å²) in [5, 5.41) is 14.3. The summed E-state index contributed by atoms with van der Waals surface area (Å²) < 4.78 is 0. The number of aryl methyl sites for hydroxylation is 1. The van der Waals surface area contributed by atoms with E-state index in [4.69, 9.17) is 11.6 Å². The maximum atomic E-state index is 9.69. The molecule has 2 heterocycles. The van der Waals surface area contributed by atoms with Gasteiger partial charge in [0.25, 0.3) is 0 Å². The Balaban J connectivity index is 2.31. The normalized spacial score (nSPS) is 11.7. The summed E-state index contributed by atoms with van der Waals surface area (Å²) in [7, 11) is 0. The number of hydrogen-bond donors (Lipinski definition) is 2. The maximum absolute atomic E-state index is 9.69. The van der Waals surface area contributed by atoms with E-state index in [1.54, 1.807) is 12.1 Å². The smallest absolute Gasteiger partial charge is 0.116 e. The van der Waals surface area contributed by atoms with Gasteiger partial charge in [-0.1, -0.05) is 11.6 Å². The number of aromatic hydroxyl groups is 1. The van der Waals surface area contributed by atoms with Gasteiger partial charge in [-0.15, -0.1) is 0 Å². The molecule has 0 aliphatic carbocycles. The number of nitrogens with one attached hydrogen (secondary N) is 1. The quantitative estimate of drug-likeness (QED) is 0.465. The van der Waals surface area contributed by atoms with Crippen molar-refractivity contribution in [2.45, 2.75) is 6.92 Å². The molecule has 0 saturated carbocycles. The molecule has 3 nitrogen and oxygen atoms in total. The molecule has 0 spiro atoms. The third kappa shape index (κ3) is 1.44. The number of phenolic OH excluding ortho intramolecular Hbond substituents is 1. The Hall–Kier alpha value is -2.26. The van der Waals surface area contributed by atoms with Crippen LogP contribution in [0.2, 0.25) is 5.15 Å². The predicted octanol–water partition coefficient (Wildman–Crippen LogP) is 4.54. The van der Waals surface area contributed by atoms with Gasteiger partial charge < -0.3 is 10.1 Å². The van der Waals surface area contributed by atoms with Crippen molar-refractivity contribution in [2.24, 2.45) is 0 Å². The van der Waals surface area contributed by atoms with Crippen LogP contribution in [0.5, 0.6) is 5.75 Å². The average molecular weight is 283 g/mol. The van der Waals surface area contributed by atoms with E-state index in [0.717, 1.165) is 38.1 Å². The fourth-order valence-corrected chi connectivity index (χ4v) is 3.02. The molecule has 0 aliphatic rings. The van der Waals surface area contributed by atoms with E-state index in [0.29, 0.717) is 5.15 Å². The first-order chi connectivity index (χ1) is 9.65. The Kier molecular flexibility index (Phi) is 2.24. The molecule has 20 heavy (non-hydrogen) atoms. The van der Waals surface area contributed by atoms with Crippen molar-refractivity contribution in [2.75, 3.05) is 0 Å². The molecule has 0 unspecified atom stereocenters. The van der Waals surface area contributed by atoms with Crippen molar-refractivity contribution in [1.82, 2.24) is 9.97 Å². The highest BCUT2D eigenvalue weighted by molar-refractivity contribution is 6.35. The van der Waals surface area contributed by atoms with Crippen molar-refractivity contribution in [1.29, 1.82) is 0 Å². The van der Waals surface area contributed by atoms with Crippen LogP contribution in [0.15, 0.2) is 36.5 Å². The third-order valence-corrected chi connectivity index (χ3v) is 4.10. The molecule has 0 aliphatic heterocycles. The number of phenols is 1. The van der Waals surface area contributed by atoms with Crippen LogP contribution in [-0.2, 0) is 0 Å². The number of benzene rings is 2. The van der Waals surface area contributed by atoms with Gasteiger partial charge in [0.15, 0.2) is 0 Å². The molecule has 0 radical (unpaired) electrons. The van der Waals surface area contributed by atoms with Crippen LogP contribution in [0.4, 0.5) is 0 Å². The van der Waals surface area contributed by atoms with E-state index in [2.05, 4.69) is 9.97 Å². The third-order valence-electron chi connectivity index (χ3n) is 3.79. The maximum Gasteiger partial charge on any atom is 0.116 e. The lowest BCUT2D eigenvalue weighted by molar-refractivity contribution is 0.476. The molecular formula is C16H11ClN2O. The van der Waals surface area contributed by atoms with Gasteiger partial charge in [0.1, 0.15) is 10.9 Å². The number of rotatable bonds is 0. The molecule has 98 valence electrons.